The first-order valence-corrected chi connectivity index (χ1v) is 7.86. The smallest absolute Gasteiger partial charge is 0.224 e. The maximum atomic E-state index is 12.2. The molecule has 0 spiro atoms. The second kappa shape index (κ2) is 7.29. The van der Waals surface area contributed by atoms with E-state index in [1.807, 2.05) is 36.4 Å². The van der Waals surface area contributed by atoms with Crippen LogP contribution >= 0.6 is 0 Å². The Kier molecular flexibility index (Phi) is 4.93. The molecule has 4 nitrogen and oxygen atoms in total. The number of methoxy groups -OCH3 is 1. The minimum absolute atomic E-state index is 0.0267. The number of nitrogens with one attached hydrogen (secondary N) is 1. The Bertz CT molecular complexity index is 684. The molecule has 0 saturated heterocycles. The predicted molar refractivity (Wildman–Crippen MR) is 88.5 cm³/mol. The van der Waals surface area contributed by atoms with Crippen LogP contribution < -0.4 is 10.1 Å². The molecule has 4 heteroatoms. The molecule has 0 aliphatic carbocycles. The highest BCUT2D eigenvalue weighted by Gasteiger charge is 2.21. The third-order valence-electron chi connectivity index (χ3n) is 4.12. The predicted octanol–water partition coefficient (Wildman–Crippen LogP) is 2.67. The van der Waals surface area contributed by atoms with E-state index >= 15 is 0 Å². The average molecular weight is 311 g/mol. The third-order valence-corrected chi connectivity index (χ3v) is 4.12. The lowest BCUT2D eigenvalue weighted by Gasteiger charge is -2.26. The van der Waals surface area contributed by atoms with Gasteiger partial charge >= 0.3 is 0 Å². The van der Waals surface area contributed by atoms with Crippen molar-refractivity contribution >= 4 is 5.91 Å². The molecule has 0 unspecified atom stereocenters. The molecule has 1 amide bonds. The maximum Gasteiger partial charge on any atom is 0.224 e. The van der Waals surface area contributed by atoms with E-state index in [9.17, 15) is 4.79 Å². The molecule has 2 aromatic rings. The molecule has 2 aromatic carbocycles. The van der Waals surface area contributed by atoms with Gasteiger partial charge in [0.1, 0.15) is 11.9 Å². The van der Waals surface area contributed by atoms with Crippen molar-refractivity contribution in [1.29, 1.82) is 0 Å². The zero-order valence-electron chi connectivity index (χ0n) is 13.2. The van der Waals surface area contributed by atoms with E-state index in [-0.39, 0.29) is 12.0 Å². The summed E-state index contributed by atoms with van der Waals surface area (Å²) in [5, 5.41) is 2.97. The van der Waals surface area contributed by atoms with E-state index in [2.05, 4.69) is 17.4 Å². The number of carbonyl (C=O) groups is 1. The standard InChI is InChI=1S/C19H21NO3/c1-22-17-9-5-3-7-15(17)12-19(21)20-13-18-16-8-4-2-6-14(16)10-11-23-18/h2-9,18H,10-13H2,1H3,(H,20,21)/t18-/m0/s1. The van der Waals surface area contributed by atoms with Gasteiger partial charge in [0.25, 0.3) is 0 Å². The molecule has 3 rings (SSSR count). The zero-order valence-corrected chi connectivity index (χ0v) is 13.2. The van der Waals surface area contributed by atoms with Gasteiger partial charge in [0, 0.05) is 12.1 Å². The maximum absolute atomic E-state index is 12.2. The lowest BCUT2D eigenvalue weighted by molar-refractivity contribution is -0.121. The van der Waals surface area contributed by atoms with Gasteiger partial charge in [-0.3, -0.25) is 4.79 Å². The number of hydrogen-bond donors (Lipinski definition) is 1. The third kappa shape index (κ3) is 3.71. The van der Waals surface area contributed by atoms with E-state index < -0.39 is 0 Å². The fraction of sp³-hybridized carbons (Fsp3) is 0.316. The van der Waals surface area contributed by atoms with Crippen LogP contribution in [0.15, 0.2) is 48.5 Å². The van der Waals surface area contributed by atoms with Crippen molar-refractivity contribution < 1.29 is 14.3 Å². The first-order valence-electron chi connectivity index (χ1n) is 7.86. The lowest BCUT2D eigenvalue weighted by atomic mass is 9.97. The molecule has 1 N–H and O–H groups in total. The molecule has 0 fully saturated rings. The Morgan fingerprint density at radius 2 is 2.00 bits per heavy atom. The molecule has 0 radical (unpaired) electrons. The quantitative estimate of drug-likeness (QED) is 0.923. The van der Waals surface area contributed by atoms with Crippen molar-refractivity contribution in [2.24, 2.45) is 0 Å². The topological polar surface area (TPSA) is 47.6 Å². The van der Waals surface area contributed by atoms with Crippen molar-refractivity contribution in [1.82, 2.24) is 5.32 Å². The highest BCUT2D eigenvalue weighted by atomic mass is 16.5. The Labute approximate surface area is 136 Å². The minimum atomic E-state index is -0.0680. The summed E-state index contributed by atoms with van der Waals surface area (Å²) in [5.74, 6) is 0.711. The Balaban J connectivity index is 1.60. The van der Waals surface area contributed by atoms with Crippen LogP contribution in [0.3, 0.4) is 0 Å². The SMILES string of the molecule is COc1ccccc1CC(=O)NC[C@@H]1OCCc2ccccc21. The number of benzene rings is 2. The summed E-state index contributed by atoms with van der Waals surface area (Å²) in [6.45, 7) is 1.19. The van der Waals surface area contributed by atoms with Gasteiger partial charge in [-0.2, -0.15) is 0 Å². The van der Waals surface area contributed by atoms with Crippen molar-refractivity contribution in [3.63, 3.8) is 0 Å². The molecule has 0 aromatic heterocycles. The summed E-state index contributed by atoms with van der Waals surface area (Å²) >= 11 is 0. The van der Waals surface area contributed by atoms with Gasteiger partial charge in [-0.15, -0.1) is 0 Å². The van der Waals surface area contributed by atoms with Gasteiger partial charge in [0.2, 0.25) is 5.91 Å². The first-order chi connectivity index (χ1) is 11.3. The highest BCUT2D eigenvalue weighted by Crippen LogP contribution is 2.26. The number of para-hydroxylation sites is 1. The van der Waals surface area contributed by atoms with Gasteiger partial charge in [-0.25, -0.2) is 0 Å². The monoisotopic (exact) mass is 311 g/mol. The Morgan fingerprint density at radius 1 is 1.22 bits per heavy atom. The van der Waals surface area contributed by atoms with Crippen LogP contribution in [0.5, 0.6) is 5.75 Å². The van der Waals surface area contributed by atoms with Crippen molar-refractivity contribution in [2.75, 3.05) is 20.3 Å². The lowest BCUT2D eigenvalue weighted by Crippen LogP contribution is -2.32. The molecular weight excluding hydrogens is 290 g/mol. The second-order valence-electron chi connectivity index (χ2n) is 5.60. The molecule has 1 atom stereocenters. The second-order valence-corrected chi connectivity index (χ2v) is 5.60. The van der Waals surface area contributed by atoms with Gasteiger partial charge in [-0.05, 0) is 23.6 Å². The molecule has 0 saturated carbocycles. The van der Waals surface area contributed by atoms with Crippen molar-refractivity contribution in [3.05, 3.63) is 65.2 Å². The average Bonchev–Trinajstić information content (AvgIpc) is 2.60. The zero-order chi connectivity index (χ0) is 16.1. The molecule has 0 bridgehead atoms. The fourth-order valence-electron chi connectivity index (χ4n) is 2.94. The summed E-state index contributed by atoms with van der Waals surface area (Å²) in [7, 11) is 1.61. The van der Waals surface area contributed by atoms with Crippen LogP contribution in [-0.4, -0.2) is 26.2 Å². The largest absolute Gasteiger partial charge is 0.496 e. The minimum Gasteiger partial charge on any atom is -0.496 e. The van der Waals surface area contributed by atoms with Crippen LogP contribution in [0, 0.1) is 0 Å². The molecule has 1 aliphatic heterocycles. The highest BCUT2D eigenvalue weighted by molar-refractivity contribution is 5.79. The summed E-state index contributed by atoms with van der Waals surface area (Å²) in [6, 6.07) is 15.8. The van der Waals surface area contributed by atoms with E-state index in [4.69, 9.17) is 9.47 Å². The fourth-order valence-corrected chi connectivity index (χ4v) is 2.94. The van der Waals surface area contributed by atoms with Crippen LogP contribution in [0.4, 0.5) is 0 Å². The number of amides is 1. The van der Waals surface area contributed by atoms with Crippen LogP contribution in [0.25, 0.3) is 0 Å². The summed E-state index contributed by atoms with van der Waals surface area (Å²) in [4.78, 5) is 12.2. The van der Waals surface area contributed by atoms with Gasteiger partial charge in [0.15, 0.2) is 0 Å². The summed E-state index contributed by atoms with van der Waals surface area (Å²) in [6.07, 6.45) is 1.17. The van der Waals surface area contributed by atoms with Gasteiger partial charge in [-0.1, -0.05) is 42.5 Å². The summed E-state index contributed by atoms with van der Waals surface area (Å²) in [5.41, 5.74) is 3.37. The molecule has 120 valence electrons. The van der Waals surface area contributed by atoms with Gasteiger partial charge in [0.05, 0.1) is 20.1 Å². The Hall–Kier alpha value is -2.33. The number of ether oxygens (including phenoxy) is 2. The van der Waals surface area contributed by atoms with Crippen molar-refractivity contribution in [3.8, 4) is 5.75 Å². The number of hydrogen-bond acceptors (Lipinski definition) is 3. The van der Waals surface area contributed by atoms with Crippen molar-refractivity contribution in [2.45, 2.75) is 18.9 Å². The molecular formula is C19H21NO3. The number of fused-ring (bicyclic) bond motifs is 1. The van der Waals surface area contributed by atoms with E-state index in [0.29, 0.717) is 19.6 Å². The van der Waals surface area contributed by atoms with Crippen LogP contribution in [0.2, 0.25) is 0 Å². The molecule has 23 heavy (non-hydrogen) atoms. The van der Waals surface area contributed by atoms with E-state index in [1.165, 1.54) is 11.1 Å². The number of rotatable bonds is 5. The molecule has 1 heterocycles. The first kappa shape index (κ1) is 15.6. The van der Waals surface area contributed by atoms with E-state index in [1.54, 1.807) is 7.11 Å². The van der Waals surface area contributed by atoms with Crippen LogP contribution in [-0.2, 0) is 22.4 Å². The molecule has 1 aliphatic rings. The van der Waals surface area contributed by atoms with Crippen LogP contribution in [0.1, 0.15) is 22.8 Å². The van der Waals surface area contributed by atoms with Gasteiger partial charge < -0.3 is 14.8 Å². The Morgan fingerprint density at radius 3 is 2.87 bits per heavy atom. The summed E-state index contributed by atoms with van der Waals surface area (Å²) < 4.78 is 11.1. The normalized spacial score (nSPS) is 16.5. The van der Waals surface area contributed by atoms with E-state index in [0.717, 1.165) is 17.7 Å². The number of carbonyl (C=O) groups excluding carboxylic acids is 1.